The fourth-order valence-corrected chi connectivity index (χ4v) is 3.68. The lowest BCUT2D eigenvalue weighted by Crippen LogP contribution is -2.31. The van der Waals surface area contributed by atoms with Crippen LogP contribution in [0.25, 0.3) is 5.76 Å². The maximum Gasteiger partial charge on any atom is 0.295 e. The number of hydrogen-bond donors (Lipinski definition) is 1. The third-order valence-corrected chi connectivity index (χ3v) is 5.14. The summed E-state index contributed by atoms with van der Waals surface area (Å²) in [6.07, 6.45) is 0.563. The summed E-state index contributed by atoms with van der Waals surface area (Å²) < 4.78 is 15.9. The van der Waals surface area contributed by atoms with Crippen LogP contribution >= 0.6 is 0 Å². The van der Waals surface area contributed by atoms with Crippen LogP contribution in [-0.4, -0.2) is 55.7 Å². The highest BCUT2D eigenvalue weighted by Gasteiger charge is 2.45. The van der Waals surface area contributed by atoms with Crippen LogP contribution in [0.15, 0.2) is 54.1 Å². The molecule has 1 saturated heterocycles. The van der Waals surface area contributed by atoms with Gasteiger partial charge in [0.05, 0.1) is 25.3 Å². The second-order valence-electron chi connectivity index (χ2n) is 7.07. The van der Waals surface area contributed by atoms with Crippen molar-refractivity contribution in [1.29, 1.82) is 0 Å². The highest BCUT2D eigenvalue weighted by atomic mass is 16.5. The summed E-state index contributed by atoms with van der Waals surface area (Å²) in [6.45, 7) is 3.17. The maximum absolute atomic E-state index is 13.0. The number of likely N-dealkylation sites (tertiary alicyclic amines) is 1. The van der Waals surface area contributed by atoms with Crippen molar-refractivity contribution in [2.45, 2.75) is 19.4 Å². The van der Waals surface area contributed by atoms with Crippen molar-refractivity contribution in [3.05, 3.63) is 65.2 Å². The first-order chi connectivity index (χ1) is 15.0. The van der Waals surface area contributed by atoms with Crippen molar-refractivity contribution in [2.75, 3.05) is 34.0 Å². The lowest BCUT2D eigenvalue weighted by atomic mass is 9.95. The summed E-state index contributed by atoms with van der Waals surface area (Å²) in [5.41, 5.74) is 1.18. The van der Waals surface area contributed by atoms with Crippen LogP contribution in [0.5, 0.6) is 11.5 Å². The standard InChI is InChI=1S/C24H27NO6/c1-4-31-18-11-9-16(10-12-18)22(26)20-21(17-7-5-8-19(15-17)30-3)25(13-6-14-29-2)24(28)23(20)27/h5,7-12,15,21,26H,4,6,13-14H2,1-3H3/t21-/m0/s1. The molecule has 7 nitrogen and oxygen atoms in total. The van der Waals surface area contributed by atoms with Crippen molar-refractivity contribution in [3.63, 3.8) is 0 Å². The van der Waals surface area contributed by atoms with E-state index in [1.54, 1.807) is 56.7 Å². The highest BCUT2D eigenvalue weighted by molar-refractivity contribution is 6.46. The van der Waals surface area contributed by atoms with Crippen molar-refractivity contribution in [1.82, 2.24) is 4.90 Å². The van der Waals surface area contributed by atoms with Crippen LogP contribution in [0.2, 0.25) is 0 Å². The zero-order chi connectivity index (χ0) is 22.4. The first-order valence-electron chi connectivity index (χ1n) is 10.2. The lowest BCUT2D eigenvalue weighted by molar-refractivity contribution is -0.140. The molecule has 2 aromatic rings. The van der Waals surface area contributed by atoms with Crippen LogP contribution in [0.3, 0.4) is 0 Å². The van der Waals surface area contributed by atoms with Gasteiger partial charge in [-0.25, -0.2) is 0 Å². The van der Waals surface area contributed by atoms with Gasteiger partial charge in [0.1, 0.15) is 17.3 Å². The quantitative estimate of drug-likeness (QED) is 0.286. The molecule has 1 heterocycles. The topological polar surface area (TPSA) is 85.3 Å². The van der Waals surface area contributed by atoms with Gasteiger partial charge in [-0.1, -0.05) is 12.1 Å². The van der Waals surface area contributed by atoms with E-state index in [1.165, 1.54) is 4.90 Å². The van der Waals surface area contributed by atoms with E-state index in [-0.39, 0.29) is 11.3 Å². The van der Waals surface area contributed by atoms with Gasteiger partial charge < -0.3 is 24.2 Å². The van der Waals surface area contributed by atoms with E-state index in [9.17, 15) is 14.7 Å². The summed E-state index contributed by atoms with van der Waals surface area (Å²) in [7, 11) is 3.13. The predicted molar refractivity (Wildman–Crippen MR) is 116 cm³/mol. The number of ketones is 1. The monoisotopic (exact) mass is 425 g/mol. The van der Waals surface area contributed by atoms with Gasteiger partial charge in [-0.15, -0.1) is 0 Å². The molecule has 0 spiro atoms. The Morgan fingerprint density at radius 2 is 1.81 bits per heavy atom. The minimum absolute atomic E-state index is 0.0554. The van der Waals surface area contributed by atoms with Gasteiger partial charge in [0.25, 0.3) is 11.7 Å². The third-order valence-electron chi connectivity index (χ3n) is 5.14. The number of methoxy groups -OCH3 is 2. The number of benzene rings is 2. The molecule has 0 saturated carbocycles. The lowest BCUT2D eigenvalue weighted by Gasteiger charge is -2.25. The number of aliphatic hydroxyl groups is 1. The molecule has 1 fully saturated rings. The number of rotatable bonds is 9. The highest BCUT2D eigenvalue weighted by Crippen LogP contribution is 2.40. The van der Waals surface area contributed by atoms with Gasteiger partial charge in [0.2, 0.25) is 0 Å². The van der Waals surface area contributed by atoms with Crippen molar-refractivity contribution >= 4 is 17.4 Å². The van der Waals surface area contributed by atoms with Crippen molar-refractivity contribution in [3.8, 4) is 11.5 Å². The Labute approximate surface area is 181 Å². The SMILES string of the molecule is CCOc1ccc(C(O)=C2C(=O)C(=O)N(CCCOC)[C@H]2c2cccc(OC)c2)cc1. The molecule has 1 N–H and O–H groups in total. The molecule has 2 aromatic carbocycles. The number of Topliss-reactive ketones (excluding diaryl/α,β-unsaturated/α-hetero) is 1. The second-order valence-corrected chi connectivity index (χ2v) is 7.07. The second kappa shape index (κ2) is 10.1. The number of nitrogens with zero attached hydrogens (tertiary/aromatic N) is 1. The first kappa shape index (κ1) is 22.4. The molecule has 0 unspecified atom stereocenters. The van der Waals surface area contributed by atoms with Gasteiger partial charge in [-0.05, 0) is 55.3 Å². The Morgan fingerprint density at radius 1 is 1.06 bits per heavy atom. The smallest absolute Gasteiger partial charge is 0.295 e. The van der Waals surface area contributed by atoms with Gasteiger partial charge in [-0.2, -0.15) is 0 Å². The minimum atomic E-state index is -0.724. The average molecular weight is 425 g/mol. The Balaban J connectivity index is 2.08. The number of carbonyl (C=O) groups is 2. The maximum atomic E-state index is 13.0. The summed E-state index contributed by atoms with van der Waals surface area (Å²) in [5, 5.41) is 11.1. The molecule has 1 atom stereocenters. The van der Waals surface area contributed by atoms with E-state index >= 15 is 0 Å². The summed E-state index contributed by atoms with van der Waals surface area (Å²) in [6, 6.07) is 13.2. The average Bonchev–Trinajstić information content (AvgIpc) is 3.04. The van der Waals surface area contributed by atoms with E-state index < -0.39 is 17.7 Å². The molecule has 3 rings (SSSR count). The Bertz CT molecular complexity index is 966. The molecule has 164 valence electrons. The Morgan fingerprint density at radius 3 is 2.45 bits per heavy atom. The van der Waals surface area contributed by atoms with Crippen molar-refractivity contribution < 1.29 is 28.9 Å². The Kier molecular flexibility index (Phi) is 7.31. The molecular formula is C24H27NO6. The fraction of sp³-hybridized carbons (Fsp3) is 0.333. The van der Waals surface area contributed by atoms with E-state index in [0.29, 0.717) is 48.8 Å². The van der Waals surface area contributed by atoms with Crippen LogP contribution in [0.1, 0.15) is 30.5 Å². The molecule has 0 aromatic heterocycles. The molecule has 7 heteroatoms. The number of ether oxygens (including phenoxy) is 3. The van der Waals surface area contributed by atoms with E-state index in [1.807, 2.05) is 13.0 Å². The fourth-order valence-electron chi connectivity index (χ4n) is 3.68. The molecule has 0 radical (unpaired) electrons. The Hall–Kier alpha value is -3.32. The molecular weight excluding hydrogens is 398 g/mol. The van der Waals surface area contributed by atoms with E-state index in [4.69, 9.17) is 14.2 Å². The molecule has 1 aliphatic rings. The van der Waals surface area contributed by atoms with Crippen molar-refractivity contribution in [2.24, 2.45) is 0 Å². The van der Waals surface area contributed by atoms with Gasteiger partial charge in [-0.3, -0.25) is 9.59 Å². The zero-order valence-corrected chi connectivity index (χ0v) is 18.0. The summed E-state index contributed by atoms with van der Waals surface area (Å²) in [4.78, 5) is 27.3. The molecule has 31 heavy (non-hydrogen) atoms. The van der Waals surface area contributed by atoms with Gasteiger partial charge >= 0.3 is 0 Å². The summed E-state index contributed by atoms with van der Waals surface area (Å²) in [5.74, 6) is -0.319. The van der Waals surface area contributed by atoms with Crippen LogP contribution < -0.4 is 9.47 Å². The minimum Gasteiger partial charge on any atom is -0.507 e. The van der Waals surface area contributed by atoms with Crippen LogP contribution in [0, 0.1) is 0 Å². The van der Waals surface area contributed by atoms with Crippen LogP contribution in [-0.2, 0) is 14.3 Å². The third kappa shape index (κ3) is 4.72. The first-order valence-corrected chi connectivity index (χ1v) is 10.2. The number of hydrogen-bond acceptors (Lipinski definition) is 6. The molecule has 0 bridgehead atoms. The van der Waals surface area contributed by atoms with Crippen LogP contribution in [0.4, 0.5) is 0 Å². The molecule has 1 aliphatic heterocycles. The number of amides is 1. The summed E-state index contributed by atoms with van der Waals surface area (Å²) >= 11 is 0. The predicted octanol–water partition coefficient (Wildman–Crippen LogP) is 3.55. The van der Waals surface area contributed by atoms with Gasteiger partial charge in [0.15, 0.2) is 0 Å². The van der Waals surface area contributed by atoms with E-state index in [0.717, 1.165) is 0 Å². The number of aliphatic hydroxyl groups excluding tert-OH is 1. The largest absolute Gasteiger partial charge is 0.507 e. The van der Waals surface area contributed by atoms with Gasteiger partial charge in [0, 0.05) is 25.8 Å². The van der Waals surface area contributed by atoms with E-state index in [2.05, 4.69) is 0 Å². The number of carbonyl (C=O) groups excluding carboxylic acids is 2. The normalized spacial score (nSPS) is 17.8. The molecule has 1 amide bonds. The molecule has 0 aliphatic carbocycles. The zero-order valence-electron chi connectivity index (χ0n) is 18.0.